The van der Waals surface area contributed by atoms with E-state index >= 15 is 0 Å². The average Bonchev–Trinajstić information content (AvgIpc) is 2.48. The first kappa shape index (κ1) is 19.5. The largest absolute Gasteiger partial charge is 0.500 e. The number of rotatable bonds is 5. The summed E-state index contributed by atoms with van der Waals surface area (Å²) >= 11 is 0. The Morgan fingerprint density at radius 1 is 1.57 bits per heavy atom. The molecule has 3 N–H and O–H groups in total. The molecule has 7 nitrogen and oxygen atoms in total. The highest BCUT2D eigenvalue weighted by Crippen LogP contribution is 2.37. The molecule has 0 aliphatic carbocycles. The predicted octanol–water partition coefficient (Wildman–Crippen LogP) is 2.29. The lowest BCUT2D eigenvalue weighted by Crippen LogP contribution is -2.41. The quantitative estimate of drug-likeness (QED) is 0.627. The standard InChI is InChI=1S/C15H23N3O4.ClH/c1-10(16)12-4-3-5-17(9-12)8-11-6-13(18(20)21)15(19)14(7-11)22-2;/h6-7,10,12,19H,3-5,8-9,16H2,1-2H3;1H. The number of nitro groups is 1. The van der Waals surface area contributed by atoms with E-state index in [0.717, 1.165) is 31.5 Å². The molecule has 130 valence electrons. The number of piperidine rings is 1. The molecule has 0 aromatic heterocycles. The lowest BCUT2D eigenvalue weighted by Gasteiger charge is -2.34. The number of likely N-dealkylation sites (tertiary alicyclic amines) is 1. The zero-order valence-corrected chi connectivity index (χ0v) is 14.2. The Hall–Kier alpha value is -1.57. The van der Waals surface area contributed by atoms with Crippen molar-refractivity contribution >= 4 is 18.1 Å². The number of benzene rings is 1. The number of hydrogen-bond donors (Lipinski definition) is 2. The second-order valence-corrected chi connectivity index (χ2v) is 5.92. The van der Waals surface area contributed by atoms with Gasteiger partial charge >= 0.3 is 5.69 Å². The summed E-state index contributed by atoms with van der Waals surface area (Å²) in [7, 11) is 1.38. The van der Waals surface area contributed by atoms with E-state index < -0.39 is 10.7 Å². The second-order valence-electron chi connectivity index (χ2n) is 5.92. The zero-order valence-electron chi connectivity index (χ0n) is 13.4. The average molecular weight is 346 g/mol. The molecule has 8 heteroatoms. The Balaban J connectivity index is 0.00000264. The van der Waals surface area contributed by atoms with Crippen LogP contribution in [-0.2, 0) is 6.54 Å². The van der Waals surface area contributed by atoms with Gasteiger partial charge in [-0.3, -0.25) is 15.0 Å². The molecule has 1 fully saturated rings. The van der Waals surface area contributed by atoms with Gasteiger partial charge in [0.15, 0.2) is 5.75 Å². The Morgan fingerprint density at radius 2 is 2.26 bits per heavy atom. The van der Waals surface area contributed by atoms with Crippen molar-refractivity contribution in [2.75, 3.05) is 20.2 Å². The number of nitrogens with two attached hydrogens (primary N) is 1. The molecule has 2 unspecified atom stereocenters. The minimum atomic E-state index is -0.595. The third kappa shape index (κ3) is 4.70. The predicted molar refractivity (Wildman–Crippen MR) is 90.2 cm³/mol. The van der Waals surface area contributed by atoms with E-state index in [1.165, 1.54) is 13.2 Å². The second kappa shape index (κ2) is 8.33. The van der Waals surface area contributed by atoms with Crippen LogP contribution in [-0.4, -0.2) is 41.2 Å². The molecule has 1 aliphatic heterocycles. The van der Waals surface area contributed by atoms with E-state index in [1.54, 1.807) is 6.07 Å². The number of methoxy groups -OCH3 is 1. The van der Waals surface area contributed by atoms with Crippen molar-refractivity contribution in [1.29, 1.82) is 0 Å². The fourth-order valence-corrected chi connectivity index (χ4v) is 2.96. The van der Waals surface area contributed by atoms with Gasteiger partial charge in [-0.25, -0.2) is 0 Å². The van der Waals surface area contributed by atoms with Gasteiger partial charge in [0.05, 0.1) is 12.0 Å². The van der Waals surface area contributed by atoms with Gasteiger partial charge in [-0.1, -0.05) is 0 Å². The molecule has 1 aromatic rings. The zero-order chi connectivity index (χ0) is 16.3. The maximum Gasteiger partial charge on any atom is 0.314 e. The smallest absolute Gasteiger partial charge is 0.314 e. The molecular formula is C15H24ClN3O4. The number of phenols is 1. The maximum atomic E-state index is 11.0. The van der Waals surface area contributed by atoms with Crippen molar-refractivity contribution in [1.82, 2.24) is 4.90 Å². The normalized spacial score (nSPS) is 19.7. The van der Waals surface area contributed by atoms with Crippen LogP contribution in [0.1, 0.15) is 25.3 Å². The lowest BCUT2D eigenvalue weighted by atomic mass is 9.92. The summed E-state index contributed by atoms with van der Waals surface area (Å²) in [5, 5.41) is 20.8. The van der Waals surface area contributed by atoms with E-state index in [2.05, 4.69) is 4.90 Å². The first-order valence-corrected chi connectivity index (χ1v) is 7.44. The number of halogens is 1. The SMILES string of the molecule is COc1cc(CN2CCCC(C(C)N)C2)cc([N+](=O)[O-])c1O.Cl. The van der Waals surface area contributed by atoms with Gasteiger partial charge in [0.1, 0.15) is 0 Å². The van der Waals surface area contributed by atoms with Gasteiger partial charge in [0, 0.05) is 25.2 Å². The number of nitro benzene ring substituents is 1. The number of nitrogens with zero attached hydrogens (tertiary/aromatic N) is 2. The van der Waals surface area contributed by atoms with Crippen molar-refractivity contribution < 1.29 is 14.8 Å². The molecular weight excluding hydrogens is 322 g/mol. The van der Waals surface area contributed by atoms with Crippen LogP contribution in [0.25, 0.3) is 0 Å². The van der Waals surface area contributed by atoms with Crippen LogP contribution < -0.4 is 10.5 Å². The summed E-state index contributed by atoms with van der Waals surface area (Å²) in [5.41, 5.74) is 6.42. The molecule has 1 saturated heterocycles. The van der Waals surface area contributed by atoms with Crippen LogP contribution >= 0.6 is 12.4 Å². The van der Waals surface area contributed by atoms with Crippen molar-refractivity contribution in [3.63, 3.8) is 0 Å². The molecule has 23 heavy (non-hydrogen) atoms. The number of aromatic hydroxyl groups is 1. The van der Waals surface area contributed by atoms with E-state index in [9.17, 15) is 15.2 Å². The molecule has 0 saturated carbocycles. The molecule has 0 radical (unpaired) electrons. The van der Waals surface area contributed by atoms with Gasteiger partial charge in [-0.15, -0.1) is 12.4 Å². The third-order valence-electron chi connectivity index (χ3n) is 4.22. The van der Waals surface area contributed by atoms with Crippen molar-refractivity contribution in [2.45, 2.75) is 32.4 Å². The Bertz CT molecular complexity index is 554. The molecule has 0 bridgehead atoms. The highest BCUT2D eigenvalue weighted by molar-refractivity contribution is 5.85. The summed E-state index contributed by atoms with van der Waals surface area (Å²) in [5.74, 6) is 0.149. The molecule has 2 atom stereocenters. The molecule has 0 spiro atoms. The molecule has 2 rings (SSSR count). The first-order valence-electron chi connectivity index (χ1n) is 7.44. The van der Waals surface area contributed by atoms with Crippen LogP contribution in [0.5, 0.6) is 11.5 Å². The summed E-state index contributed by atoms with van der Waals surface area (Å²) in [6, 6.07) is 3.21. The molecule has 1 aliphatic rings. The molecule has 1 heterocycles. The minimum Gasteiger partial charge on any atom is -0.500 e. The summed E-state index contributed by atoms with van der Waals surface area (Å²) in [4.78, 5) is 12.7. The van der Waals surface area contributed by atoms with Gasteiger partial charge in [-0.05, 0) is 43.9 Å². The van der Waals surface area contributed by atoms with Crippen LogP contribution in [0, 0.1) is 16.0 Å². The Morgan fingerprint density at radius 3 is 2.83 bits per heavy atom. The summed E-state index contributed by atoms with van der Waals surface area (Å²) in [6.45, 7) is 4.43. The Labute approximate surface area is 142 Å². The van der Waals surface area contributed by atoms with E-state index in [1.807, 2.05) is 6.92 Å². The topological polar surface area (TPSA) is 102 Å². The molecule has 0 amide bonds. The fraction of sp³-hybridized carbons (Fsp3) is 0.600. The maximum absolute atomic E-state index is 11.0. The summed E-state index contributed by atoms with van der Waals surface area (Å²) < 4.78 is 5.03. The van der Waals surface area contributed by atoms with Gasteiger partial charge in [0.25, 0.3) is 0 Å². The van der Waals surface area contributed by atoms with Crippen molar-refractivity contribution in [3.05, 3.63) is 27.8 Å². The van der Waals surface area contributed by atoms with Crippen LogP contribution in [0.2, 0.25) is 0 Å². The highest BCUT2D eigenvalue weighted by atomic mass is 35.5. The minimum absolute atomic E-state index is 0. The monoisotopic (exact) mass is 345 g/mol. The van der Waals surface area contributed by atoms with Gasteiger partial charge in [-0.2, -0.15) is 0 Å². The van der Waals surface area contributed by atoms with Crippen LogP contribution in [0.4, 0.5) is 5.69 Å². The van der Waals surface area contributed by atoms with Gasteiger partial charge in [0.2, 0.25) is 5.75 Å². The summed E-state index contributed by atoms with van der Waals surface area (Å²) in [6.07, 6.45) is 2.19. The van der Waals surface area contributed by atoms with E-state index in [0.29, 0.717) is 12.5 Å². The third-order valence-corrected chi connectivity index (χ3v) is 4.22. The molecule has 1 aromatic carbocycles. The van der Waals surface area contributed by atoms with E-state index in [4.69, 9.17) is 10.5 Å². The highest BCUT2D eigenvalue weighted by Gasteiger charge is 2.25. The van der Waals surface area contributed by atoms with E-state index in [-0.39, 0.29) is 29.9 Å². The fourth-order valence-electron chi connectivity index (χ4n) is 2.96. The Kier molecular flexibility index (Phi) is 7.05. The van der Waals surface area contributed by atoms with Gasteiger partial charge < -0.3 is 15.6 Å². The van der Waals surface area contributed by atoms with Crippen LogP contribution in [0.15, 0.2) is 12.1 Å². The van der Waals surface area contributed by atoms with Crippen molar-refractivity contribution in [2.24, 2.45) is 11.7 Å². The van der Waals surface area contributed by atoms with Crippen molar-refractivity contribution in [3.8, 4) is 11.5 Å². The lowest BCUT2D eigenvalue weighted by molar-refractivity contribution is -0.386. The number of hydrogen-bond acceptors (Lipinski definition) is 6. The van der Waals surface area contributed by atoms with Crippen LogP contribution in [0.3, 0.4) is 0 Å². The number of ether oxygens (including phenoxy) is 1. The first-order chi connectivity index (χ1) is 10.4. The number of phenolic OH excluding ortho intramolecular Hbond substituents is 1.